The summed E-state index contributed by atoms with van der Waals surface area (Å²) in [5.41, 5.74) is 0. The zero-order valence-corrected chi connectivity index (χ0v) is 17.2. The van der Waals surface area contributed by atoms with Crippen LogP contribution >= 0.6 is 10.4 Å². The van der Waals surface area contributed by atoms with Crippen LogP contribution in [0.1, 0.15) is 77.0 Å². The summed E-state index contributed by atoms with van der Waals surface area (Å²) in [7, 11) is 7.04. The van der Waals surface area contributed by atoms with Gasteiger partial charge in [-0.25, -0.2) is 0 Å². The third-order valence-corrected chi connectivity index (χ3v) is 24.4. The van der Waals surface area contributed by atoms with Gasteiger partial charge in [0, 0.05) is 0 Å². The van der Waals surface area contributed by atoms with E-state index in [1.165, 1.54) is 0 Å². The molecule has 6 bridgehead atoms. The molecule has 6 rings (SSSR count). The van der Waals surface area contributed by atoms with Gasteiger partial charge in [0.25, 0.3) is 0 Å². The number of hydrogen-bond donors (Lipinski definition) is 0. The van der Waals surface area contributed by atoms with Gasteiger partial charge in [-0.15, -0.1) is 0 Å². The van der Waals surface area contributed by atoms with Crippen LogP contribution in [0.3, 0.4) is 0 Å². The minimum atomic E-state index is -1.97. The second-order valence-corrected chi connectivity index (χ2v) is 21.2. The van der Waals surface area contributed by atoms with E-state index in [0.717, 1.165) is 49.6 Å². The van der Waals surface area contributed by atoms with E-state index in [-0.39, 0.29) is 0 Å². The van der Waals surface area contributed by atoms with E-state index < -0.39 is 11.9 Å². The molecule has 23 heavy (non-hydrogen) atoms. The first-order valence-corrected chi connectivity index (χ1v) is 16.7. The van der Waals surface area contributed by atoms with Crippen molar-refractivity contribution in [3.63, 3.8) is 0 Å². The summed E-state index contributed by atoms with van der Waals surface area (Å²) in [6, 6.07) is 0. The molecule has 6 fully saturated rings. The van der Waals surface area contributed by atoms with Gasteiger partial charge < -0.3 is 0 Å². The molecule has 0 aliphatic heterocycles. The van der Waals surface area contributed by atoms with E-state index in [4.69, 9.17) is 10.4 Å². The first-order chi connectivity index (χ1) is 11.2. The molecule has 0 saturated heterocycles. The van der Waals surface area contributed by atoms with E-state index in [2.05, 4.69) is 0 Å². The number of hydrogen-bond acceptors (Lipinski definition) is 1. The summed E-state index contributed by atoms with van der Waals surface area (Å²) in [6.45, 7) is 0. The molecular weight excluding hydrogens is 359 g/mol. The Bertz CT molecular complexity index is 480. The predicted octanol–water partition coefficient (Wildman–Crippen LogP) is 6.70. The Labute approximate surface area is 148 Å². The van der Waals surface area contributed by atoms with Gasteiger partial charge in [0.2, 0.25) is 0 Å². The first kappa shape index (κ1) is 14.9. The van der Waals surface area contributed by atoms with Gasteiger partial charge in [0.05, 0.1) is 0 Å². The van der Waals surface area contributed by atoms with Crippen molar-refractivity contribution in [2.75, 3.05) is 0 Å². The van der Waals surface area contributed by atoms with Gasteiger partial charge in [-0.2, -0.15) is 0 Å². The van der Waals surface area contributed by atoms with Gasteiger partial charge in [0.1, 0.15) is 0 Å². The summed E-state index contributed by atoms with van der Waals surface area (Å²) in [4.78, 5) is 0. The Balaban J connectivity index is 1.39. The van der Waals surface area contributed by atoms with Crippen molar-refractivity contribution < 1.29 is 0 Å². The molecule has 6 aliphatic rings. The van der Waals surface area contributed by atoms with Crippen molar-refractivity contribution in [1.82, 2.24) is 0 Å². The topological polar surface area (TPSA) is 0 Å². The molecule has 0 aromatic carbocycles. The molecule has 2 heteroatoms. The Kier molecular flexibility index (Phi) is 3.34. The van der Waals surface area contributed by atoms with Crippen molar-refractivity contribution in [3.8, 4) is 0 Å². The number of fused-ring (bicyclic) bond motifs is 6. The Morgan fingerprint density at radius 3 is 1.04 bits per heavy atom. The van der Waals surface area contributed by atoms with E-state index in [0.29, 0.717) is 0 Å². The molecule has 0 N–H and O–H groups in total. The molecular formula is C21H33AsS. The molecule has 6 saturated carbocycles. The van der Waals surface area contributed by atoms with Crippen LogP contribution in [0, 0.1) is 35.5 Å². The third kappa shape index (κ3) is 2.02. The Hall–Kier alpha value is 0.778. The van der Waals surface area contributed by atoms with Crippen LogP contribution < -0.4 is 0 Å². The molecule has 0 aromatic heterocycles. The van der Waals surface area contributed by atoms with Crippen LogP contribution in [0.5, 0.6) is 0 Å². The van der Waals surface area contributed by atoms with Crippen LogP contribution in [0.4, 0.5) is 0 Å². The fourth-order valence-corrected chi connectivity index (χ4v) is 25.8. The van der Waals surface area contributed by atoms with E-state index in [1.54, 1.807) is 77.0 Å². The second-order valence-electron chi connectivity index (χ2n) is 10.5. The zero-order chi connectivity index (χ0) is 15.2. The molecule has 0 radical (unpaired) electrons. The van der Waals surface area contributed by atoms with E-state index >= 15 is 0 Å². The SMILES string of the molecule is S=[As](C1CC2CCC1C2)(C1CC2CCC1C2)C1CC2CCC1C2. The maximum absolute atomic E-state index is 7.04. The van der Waals surface area contributed by atoms with Crippen molar-refractivity contribution >= 4 is 22.3 Å². The number of rotatable bonds is 3. The summed E-state index contributed by atoms with van der Waals surface area (Å²) < 4.78 is 3.36. The molecule has 0 heterocycles. The first-order valence-electron chi connectivity index (χ1n) is 10.8. The van der Waals surface area contributed by atoms with E-state index in [1.807, 2.05) is 0 Å². The average Bonchev–Trinajstić information content (AvgIpc) is 3.40. The van der Waals surface area contributed by atoms with Crippen LogP contribution in [0.2, 0.25) is 14.1 Å². The van der Waals surface area contributed by atoms with Crippen LogP contribution in [0.25, 0.3) is 0 Å². The molecule has 0 aromatic rings. The quantitative estimate of drug-likeness (QED) is 0.482. The predicted molar refractivity (Wildman–Crippen MR) is 101 cm³/mol. The van der Waals surface area contributed by atoms with Crippen molar-refractivity contribution in [2.45, 2.75) is 91.2 Å². The van der Waals surface area contributed by atoms with Gasteiger partial charge in [0.15, 0.2) is 0 Å². The summed E-state index contributed by atoms with van der Waals surface area (Å²) >= 11 is -1.97. The minimum absolute atomic E-state index is 1.11. The Morgan fingerprint density at radius 1 is 0.478 bits per heavy atom. The molecule has 0 nitrogen and oxygen atoms in total. The molecule has 9 unspecified atom stereocenters. The summed E-state index contributed by atoms with van der Waals surface area (Å²) in [6.07, 6.45) is 19.1. The van der Waals surface area contributed by atoms with Crippen molar-refractivity contribution in [1.29, 1.82) is 0 Å². The third-order valence-electron chi connectivity index (χ3n) is 9.66. The molecule has 9 atom stereocenters. The zero-order valence-electron chi connectivity index (χ0n) is 14.5. The average molecular weight is 392 g/mol. The molecule has 6 aliphatic carbocycles. The van der Waals surface area contributed by atoms with Crippen LogP contribution in [-0.4, -0.2) is 11.9 Å². The standard InChI is InChI=1S/C21H33AsS/c23-22(19-10-13-1-4-16(19)7-13,20-11-14-2-5-17(20)8-14)21-12-15-3-6-18(21)9-15/h13-21H,1-12H2. The van der Waals surface area contributed by atoms with Crippen molar-refractivity contribution in [3.05, 3.63) is 0 Å². The van der Waals surface area contributed by atoms with Gasteiger partial charge in [-0.3, -0.25) is 0 Å². The van der Waals surface area contributed by atoms with E-state index in [9.17, 15) is 0 Å². The normalized spacial score (nSPS) is 59.0. The molecule has 128 valence electrons. The Morgan fingerprint density at radius 2 is 0.826 bits per heavy atom. The monoisotopic (exact) mass is 392 g/mol. The summed E-state index contributed by atoms with van der Waals surface area (Å²) in [5, 5.41) is 0. The maximum atomic E-state index is 7.04. The summed E-state index contributed by atoms with van der Waals surface area (Å²) in [5.74, 6) is 6.69. The van der Waals surface area contributed by atoms with Crippen molar-refractivity contribution in [2.24, 2.45) is 35.5 Å². The van der Waals surface area contributed by atoms with Gasteiger partial charge >= 0.3 is 149 Å². The van der Waals surface area contributed by atoms with Gasteiger partial charge in [-0.05, 0) is 0 Å². The molecule has 0 spiro atoms. The second kappa shape index (κ2) is 5.16. The fraction of sp³-hybridized carbons (Fsp3) is 1.00. The van der Waals surface area contributed by atoms with Crippen LogP contribution in [0.15, 0.2) is 0 Å². The van der Waals surface area contributed by atoms with Crippen LogP contribution in [-0.2, 0) is 0 Å². The molecule has 0 amide bonds. The fourth-order valence-electron chi connectivity index (χ4n) is 8.85. The van der Waals surface area contributed by atoms with Gasteiger partial charge in [-0.1, -0.05) is 0 Å².